The number of carbonyl (C=O) groups excluding carboxylic acids is 1. The van der Waals surface area contributed by atoms with E-state index in [1.165, 1.54) is 48.5 Å². The minimum atomic E-state index is -3.95. The Morgan fingerprint density at radius 1 is 1.07 bits per heavy atom. The topological polar surface area (TPSA) is 103 Å². The number of amides is 1. The fourth-order valence-corrected chi connectivity index (χ4v) is 3.34. The third-order valence-corrected chi connectivity index (χ3v) is 5.46. The maximum absolute atomic E-state index is 12.3. The van der Waals surface area contributed by atoms with E-state index in [0.29, 0.717) is 22.0 Å². The van der Waals surface area contributed by atoms with Crippen LogP contribution in [0.4, 0.5) is 11.5 Å². The van der Waals surface area contributed by atoms with Crippen LogP contribution in [0, 0.1) is 6.92 Å². The van der Waals surface area contributed by atoms with Crippen molar-refractivity contribution in [3.05, 3.63) is 74.6 Å². The highest BCUT2D eigenvalue weighted by Gasteiger charge is 2.12. The minimum Gasteiger partial charge on any atom is -0.460 e. The molecule has 1 heterocycles. The Bertz CT molecular complexity index is 1100. The third-order valence-electron chi connectivity index (χ3n) is 3.42. The number of benzene rings is 2. The van der Waals surface area contributed by atoms with Crippen LogP contribution in [0.5, 0.6) is 0 Å². The molecule has 0 unspecified atom stereocenters. The average Bonchev–Trinajstić information content (AvgIpc) is 3.02. The van der Waals surface area contributed by atoms with Crippen molar-refractivity contribution >= 4 is 50.6 Å². The standard InChI is InChI=1S/C17H13Cl2N3O4S/c1-10-8-16(21-26-10)22-27(24,25)13-5-3-12(4-6-13)20-17(23)11-2-7-14(18)15(19)9-11/h2-9H,1H3,(H2,20,21,22,23)/p-1. The van der Waals surface area contributed by atoms with Gasteiger partial charge in [0.2, 0.25) is 10.0 Å². The number of hydrogen-bond acceptors (Lipinski definition) is 5. The van der Waals surface area contributed by atoms with Crippen molar-refractivity contribution < 1.29 is 17.7 Å². The van der Waals surface area contributed by atoms with Crippen LogP contribution in [0.3, 0.4) is 0 Å². The number of nitrogens with one attached hydrogen (secondary N) is 1. The number of halogens is 2. The van der Waals surface area contributed by atoms with Crippen molar-refractivity contribution in [2.45, 2.75) is 11.8 Å². The minimum absolute atomic E-state index is 0.0375. The van der Waals surface area contributed by atoms with Crippen molar-refractivity contribution in [3.8, 4) is 0 Å². The first kappa shape index (κ1) is 19.2. The molecule has 1 amide bonds. The van der Waals surface area contributed by atoms with Crippen molar-refractivity contribution in [2.75, 3.05) is 5.32 Å². The van der Waals surface area contributed by atoms with Gasteiger partial charge in [0, 0.05) is 11.3 Å². The number of nitrogens with zero attached hydrogens (tertiary/aromatic N) is 2. The zero-order chi connectivity index (χ0) is 19.6. The fraction of sp³-hybridized carbons (Fsp3) is 0.0588. The number of anilines is 1. The van der Waals surface area contributed by atoms with E-state index >= 15 is 0 Å². The number of aromatic nitrogens is 1. The van der Waals surface area contributed by atoms with Gasteiger partial charge in [0.15, 0.2) is 0 Å². The lowest BCUT2D eigenvalue weighted by molar-refractivity contribution is 0.102. The van der Waals surface area contributed by atoms with Crippen LogP contribution in [0.1, 0.15) is 16.1 Å². The first-order valence-corrected chi connectivity index (χ1v) is 9.72. The molecule has 0 saturated heterocycles. The molecule has 0 bridgehead atoms. The zero-order valence-electron chi connectivity index (χ0n) is 13.8. The molecule has 140 valence electrons. The first-order chi connectivity index (χ1) is 12.7. The van der Waals surface area contributed by atoms with Crippen LogP contribution in [0.2, 0.25) is 10.0 Å². The van der Waals surface area contributed by atoms with Gasteiger partial charge in [-0.15, -0.1) is 0 Å². The van der Waals surface area contributed by atoms with Crippen molar-refractivity contribution in [2.24, 2.45) is 0 Å². The van der Waals surface area contributed by atoms with E-state index in [-0.39, 0.29) is 15.7 Å². The van der Waals surface area contributed by atoms with Gasteiger partial charge in [-0.25, -0.2) is 8.42 Å². The quantitative estimate of drug-likeness (QED) is 0.624. The predicted octanol–water partition coefficient (Wildman–Crippen LogP) is 4.94. The molecular weight excluding hydrogens is 413 g/mol. The van der Waals surface area contributed by atoms with Crippen LogP contribution in [0.15, 0.2) is 57.9 Å². The summed E-state index contributed by atoms with van der Waals surface area (Å²) in [5.74, 6) is 0.000688. The summed E-state index contributed by atoms with van der Waals surface area (Å²) in [5, 5.41) is 6.78. The molecule has 0 aliphatic heterocycles. The van der Waals surface area contributed by atoms with Crippen LogP contribution in [-0.2, 0) is 10.0 Å². The molecular formula is C17H12Cl2N3O4S-. The molecule has 7 nitrogen and oxygen atoms in total. The molecule has 27 heavy (non-hydrogen) atoms. The van der Waals surface area contributed by atoms with E-state index in [1.54, 1.807) is 6.92 Å². The smallest absolute Gasteiger partial charge is 0.255 e. The lowest BCUT2D eigenvalue weighted by Gasteiger charge is -2.12. The van der Waals surface area contributed by atoms with Crippen LogP contribution in [0.25, 0.3) is 4.72 Å². The number of hydrogen-bond donors (Lipinski definition) is 1. The molecule has 0 atom stereocenters. The van der Waals surface area contributed by atoms with Crippen molar-refractivity contribution in [3.63, 3.8) is 0 Å². The second-order valence-electron chi connectivity index (χ2n) is 5.47. The molecule has 0 fully saturated rings. The van der Waals surface area contributed by atoms with E-state index in [4.69, 9.17) is 27.7 Å². The summed E-state index contributed by atoms with van der Waals surface area (Å²) in [6.45, 7) is 1.63. The number of carbonyl (C=O) groups is 1. The Hall–Kier alpha value is -2.55. The van der Waals surface area contributed by atoms with Gasteiger partial charge in [0.1, 0.15) is 5.76 Å². The first-order valence-electron chi connectivity index (χ1n) is 7.52. The lowest BCUT2D eigenvalue weighted by Crippen LogP contribution is -2.12. The molecule has 0 saturated carbocycles. The Balaban J connectivity index is 1.72. The van der Waals surface area contributed by atoms with Crippen LogP contribution in [-0.4, -0.2) is 19.5 Å². The van der Waals surface area contributed by atoms with E-state index in [2.05, 4.69) is 15.2 Å². The highest BCUT2D eigenvalue weighted by atomic mass is 35.5. The van der Waals surface area contributed by atoms with Gasteiger partial charge in [-0.3, -0.25) is 9.95 Å². The molecule has 3 rings (SSSR count). The molecule has 0 spiro atoms. The van der Waals surface area contributed by atoms with Gasteiger partial charge in [0.25, 0.3) is 5.91 Å². The van der Waals surface area contributed by atoms with Gasteiger partial charge in [-0.1, -0.05) is 23.2 Å². The molecule has 10 heteroatoms. The molecule has 1 aromatic heterocycles. The monoisotopic (exact) mass is 424 g/mol. The van der Waals surface area contributed by atoms with Gasteiger partial charge in [-0.2, -0.15) is 0 Å². The summed E-state index contributed by atoms with van der Waals surface area (Å²) in [6.07, 6.45) is 0. The fourth-order valence-electron chi connectivity index (χ4n) is 2.12. The Morgan fingerprint density at radius 2 is 1.78 bits per heavy atom. The van der Waals surface area contributed by atoms with E-state index in [9.17, 15) is 13.2 Å². The summed E-state index contributed by atoms with van der Waals surface area (Å²) >= 11 is 11.7. The van der Waals surface area contributed by atoms with Crippen molar-refractivity contribution in [1.29, 1.82) is 0 Å². The Morgan fingerprint density at radius 3 is 2.37 bits per heavy atom. The molecule has 3 aromatic rings. The van der Waals surface area contributed by atoms with Crippen LogP contribution < -0.4 is 5.32 Å². The molecule has 0 aliphatic rings. The number of sulfonamides is 1. The average molecular weight is 425 g/mol. The summed E-state index contributed by atoms with van der Waals surface area (Å²) in [6, 6.07) is 11.5. The van der Waals surface area contributed by atoms with E-state index in [0.717, 1.165) is 0 Å². The second-order valence-corrected chi connectivity index (χ2v) is 7.89. The summed E-state index contributed by atoms with van der Waals surface area (Å²) in [4.78, 5) is 12.2. The van der Waals surface area contributed by atoms with E-state index < -0.39 is 15.9 Å². The normalized spacial score (nSPS) is 11.2. The molecule has 2 aromatic carbocycles. The Labute approximate surface area is 165 Å². The number of rotatable bonds is 5. The van der Waals surface area contributed by atoms with Gasteiger partial charge >= 0.3 is 0 Å². The molecule has 1 N–H and O–H groups in total. The zero-order valence-corrected chi connectivity index (χ0v) is 16.1. The summed E-state index contributed by atoms with van der Waals surface area (Å²) < 4.78 is 32.9. The molecule has 0 aliphatic carbocycles. The number of aryl methyl sites for hydroxylation is 1. The second kappa shape index (κ2) is 7.59. The van der Waals surface area contributed by atoms with Crippen LogP contribution >= 0.6 is 23.2 Å². The van der Waals surface area contributed by atoms with Gasteiger partial charge < -0.3 is 14.6 Å². The highest BCUT2D eigenvalue weighted by Crippen LogP contribution is 2.28. The predicted molar refractivity (Wildman–Crippen MR) is 102 cm³/mol. The maximum atomic E-state index is 12.3. The summed E-state index contributed by atoms with van der Waals surface area (Å²) in [5.41, 5.74) is 0.722. The van der Waals surface area contributed by atoms with Crippen molar-refractivity contribution in [1.82, 2.24) is 5.16 Å². The Kier molecular flexibility index (Phi) is 5.41. The molecule has 0 radical (unpaired) electrons. The third kappa shape index (κ3) is 4.60. The maximum Gasteiger partial charge on any atom is 0.255 e. The summed E-state index contributed by atoms with van der Waals surface area (Å²) in [7, 11) is -3.95. The van der Waals surface area contributed by atoms with Gasteiger partial charge in [0.05, 0.1) is 14.9 Å². The largest absolute Gasteiger partial charge is 0.460 e. The van der Waals surface area contributed by atoms with Gasteiger partial charge in [-0.05, 0) is 61.3 Å². The highest BCUT2D eigenvalue weighted by molar-refractivity contribution is 7.94. The SMILES string of the molecule is Cc1cc([N-]S(=O)(=O)c2ccc(NC(=O)c3ccc(Cl)c(Cl)c3)cc2)no1. The van der Waals surface area contributed by atoms with E-state index in [1.807, 2.05) is 0 Å². The lowest BCUT2D eigenvalue weighted by atomic mass is 10.2.